The Labute approximate surface area is 113 Å². The van der Waals surface area contributed by atoms with E-state index in [9.17, 15) is 4.79 Å². The van der Waals surface area contributed by atoms with Gasteiger partial charge in [-0.3, -0.25) is 4.79 Å². The number of nitrogens with zero attached hydrogens (tertiary/aromatic N) is 1. The molecular weight excluding hydrogens is 236 g/mol. The molecule has 0 aliphatic heterocycles. The zero-order valence-corrected chi connectivity index (χ0v) is 11.7. The molecule has 2 rings (SSSR count). The summed E-state index contributed by atoms with van der Waals surface area (Å²) in [6.45, 7) is 6.87. The number of hydrogen-bond donors (Lipinski definition) is 1. The Hall–Kier alpha value is -2.03. The van der Waals surface area contributed by atoms with E-state index >= 15 is 0 Å². The van der Waals surface area contributed by atoms with Crippen LogP contribution < -0.4 is 10.9 Å². The molecule has 1 aromatic carbocycles. The van der Waals surface area contributed by atoms with Crippen LogP contribution in [0, 0.1) is 6.92 Å². The minimum absolute atomic E-state index is 0.0382. The van der Waals surface area contributed by atoms with Gasteiger partial charge in [-0.25, -0.2) is 0 Å². The Bertz CT molecular complexity index is 616. The second kappa shape index (κ2) is 5.74. The first-order chi connectivity index (χ1) is 9.10. The van der Waals surface area contributed by atoms with Crippen molar-refractivity contribution in [2.45, 2.75) is 33.4 Å². The van der Waals surface area contributed by atoms with Gasteiger partial charge in [0.05, 0.1) is 5.69 Å². The highest BCUT2D eigenvalue weighted by Crippen LogP contribution is 2.19. The zero-order valence-electron chi connectivity index (χ0n) is 11.7. The highest BCUT2D eigenvalue weighted by atomic mass is 16.1. The molecule has 1 heterocycles. The van der Waals surface area contributed by atoms with Gasteiger partial charge in [0.25, 0.3) is 5.56 Å². The van der Waals surface area contributed by atoms with Gasteiger partial charge >= 0.3 is 0 Å². The topological polar surface area (TPSA) is 34.0 Å². The smallest absolute Gasteiger partial charge is 0.250 e. The van der Waals surface area contributed by atoms with Gasteiger partial charge in [0.2, 0.25) is 0 Å². The molecule has 0 aliphatic carbocycles. The fourth-order valence-corrected chi connectivity index (χ4v) is 2.14. The van der Waals surface area contributed by atoms with Crippen molar-refractivity contribution in [1.82, 2.24) is 4.57 Å². The minimum atomic E-state index is 0.0382. The first-order valence-electron chi connectivity index (χ1n) is 6.63. The molecule has 0 fully saturated rings. The average molecular weight is 256 g/mol. The lowest BCUT2D eigenvalue weighted by molar-refractivity contribution is 0.725. The van der Waals surface area contributed by atoms with Crippen molar-refractivity contribution >= 4 is 5.69 Å². The fraction of sp³-hybridized carbons (Fsp3) is 0.312. The van der Waals surface area contributed by atoms with Crippen LogP contribution in [0.4, 0.5) is 5.69 Å². The molecule has 19 heavy (non-hydrogen) atoms. The molecule has 0 saturated heterocycles. The Morgan fingerprint density at radius 3 is 2.74 bits per heavy atom. The van der Waals surface area contributed by atoms with Crippen molar-refractivity contribution in [2.24, 2.45) is 0 Å². The van der Waals surface area contributed by atoms with Crippen LogP contribution in [0.25, 0.3) is 0 Å². The van der Waals surface area contributed by atoms with E-state index in [0.717, 1.165) is 5.69 Å². The third-order valence-electron chi connectivity index (χ3n) is 3.25. The molecule has 0 bridgehead atoms. The number of hydrogen-bond acceptors (Lipinski definition) is 2. The van der Waals surface area contributed by atoms with E-state index in [1.54, 1.807) is 10.6 Å². The quantitative estimate of drug-likeness (QED) is 0.910. The number of benzene rings is 1. The van der Waals surface area contributed by atoms with E-state index in [4.69, 9.17) is 0 Å². The molecular formula is C16H20N2O. The van der Waals surface area contributed by atoms with Crippen molar-refractivity contribution in [3.8, 4) is 0 Å². The lowest BCUT2D eigenvalue weighted by atomic mass is 10.1. The third kappa shape index (κ3) is 3.25. The number of nitrogens with one attached hydrogen (secondary N) is 1. The zero-order chi connectivity index (χ0) is 13.8. The molecule has 3 heteroatoms. The highest BCUT2D eigenvalue weighted by Gasteiger charge is 2.06. The molecule has 2 aromatic rings. The number of rotatable bonds is 4. The van der Waals surface area contributed by atoms with Crippen molar-refractivity contribution in [2.75, 3.05) is 5.32 Å². The standard InChI is InChI=1S/C16H20N2O/c1-4-18-11-15(8-9-16(18)19)17-13(3)14-7-5-6-12(2)10-14/h5-11,13,17H,4H2,1-3H3. The number of aryl methyl sites for hydroxylation is 2. The van der Waals surface area contributed by atoms with Crippen molar-refractivity contribution < 1.29 is 0 Å². The van der Waals surface area contributed by atoms with Crippen LogP contribution >= 0.6 is 0 Å². The second-order valence-electron chi connectivity index (χ2n) is 4.82. The van der Waals surface area contributed by atoms with Crippen molar-refractivity contribution in [1.29, 1.82) is 0 Å². The van der Waals surface area contributed by atoms with E-state index in [0.29, 0.717) is 6.54 Å². The van der Waals surface area contributed by atoms with Crippen LogP contribution in [-0.4, -0.2) is 4.57 Å². The molecule has 0 spiro atoms. The Kier molecular flexibility index (Phi) is 4.05. The summed E-state index contributed by atoms with van der Waals surface area (Å²) in [5.74, 6) is 0. The van der Waals surface area contributed by atoms with E-state index in [2.05, 4.69) is 43.4 Å². The average Bonchev–Trinajstić information content (AvgIpc) is 2.41. The number of anilines is 1. The van der Waals surface area contributed by atoms with Gasteiger partial charge in [-0.1, -0.05) is 29.8 Å². The summed E-state index contributed by atoms with van der Waals surface area (Å²) in [5.41, 5.74) is 3.51. The Morgan fingerprint density at radius 1 is 1.26 bits per heavy atom. The molecule has 1 unspecified atom stereocenters. The van der Waals surface area contributed by atoms with Gasteiger partial charge in [-0.15, -0.1) is 0 Å². The van der Waals surface area contributed by atoms with Gasteiger partial charge in [0, 0.05) is 24.8 Å². The van der Waals surface area contributed by atoms with E-state index in [-0.39, 0.29) is 11.6 Å². The van der Waals surface area contributed by atoms with Crippen LogP contribution in [0.15, 0.2) is 47.4 Å². The van der Waals surface area contributed by atoms with Gasteiger partial charge < -0.3 is 9.88 Å². The maximum absolute atomic E-state index is 11.5. The van der Waals surface area contributed by atoms with Crippen LogP contribution in [0.2, 0.25) is 0 Å². The van der Waals surface area contributed by atoms with Crippen LogP contribution in [0.3, 0.4) is 0 Å². The largest absolute Gasteiger partial charge is 0.377 e. The summed E-state index contributed by atoms with van der Waals surface area (Å²) in [7, 11) is 0. The Balaban J connectivity index is 2.19. The first kappa shape index (κ1) is 13.4. The van der Waals surface area contributed by atoms with Gasteiger partial charge in [-0.2, -0.15) is 0 Å². The third-order valence-corrected chi connectivity index (χ3v) is 3.25. The van der Waals surface area contributed by atoms with Crippen LogP contribution in [0.5, 0.6) is 0 Å². The minimum Gasteiger partial charge on any atom is -0.377 e. The van der Waals surface area contributed by atoms with Gasteiger partial charge in [-0.05, 0) is 32.4 Å². The first-order valence-corrected chi connectivity index (χ1v) is 6.63. The summed E-state index contributed by atoms with van der Waals surface area (Å²) in [6.07, 6.45) is 1.87. The molecule has 100 valence electrons. The molecule has 0 aliphatic rings. The maximum atomic E-state index is 11.5. The van der Waals surface area contributed by atoms with E-state index < -0.39 is 0 Å². The Morgan fingerprint density at radius 2 is 2.05 bits per heavy atom. The van der Waals surface area contributed by atoms with Crippen molar-refractivity contribution in [3.05, 3.63) is 64.1 Å². The van der Waals surface area contributed by atoms with E-state index in [1.807, 2.05) is 19.2 Å². The van der Waals surface area contributed by atoms with Gasteiger partial charge in [0.15, 0.2) is 0 Å². The molecule has 1 atom stereocenters. The summed E-state index contributed by atoms with van der Waals surface area (Å²) in [5, 5.41) is 3.43. The second-order valence-corrected chi connectivity index (χ2v) is 4.82. The molecule has 3 nitrogen and oxygen atoms in total. The fourth-order valence-electron chi connectivity index (χ4n) is 2.14. The summed E-state index contributed by atoms with van der Waals surface area (Å²) in [4.78, 5) is 11.5. The summed E-state index contributed by atoms with van der Waals surface area (Å²) in [6, 6.07) is 12.1. The predicted molar refractivity (Wildman–Crippen MR) is 79.6 cm³/mol. The maximum Gasteiger partial charge on any atom is 0.250 e. The number of pyridine rings is 1. The SMILES string of the molecule is CCn1cc(NC(C)c2cccc(C)c2)ccc1=O. The lowest BCUT2D eigenvalue weighted by Gasteiger charge is -2.17. The molecule has 0 amide bonds. The molecule has 0 saturated carbocycles. The van der Waals surface area contributed by atoms with Crippen molar-refractivity contribution in [3.63, 3.8) is 0 Å². The monoisotopic (exact) mass is 256 g/mol. The normalized spacial score (nSPS) is 12.2. The molecule has 0 radical (unpaired) electrons. The lowest BCUT2D eigenvalue weighted by Crippen LogP contribution is -2.18. The van der Waals surface area contributed by atoms with E-state index in [1.165, 1.54) is 11.1 Å². The number of aromatic nitrogens is 1. The molecule has 1 aromatic heterocycles. The summed E-state index contributed by atoms with van der Waals surface area (Å²) >= 11 is 0. The molecule has 1 N–H and O–H groups in total. The highest BCUT2D eigenvalue weighted by molar-refractivity contribution is 5.43. The van der Waals surface area contributed by atoms with Gasteiger partial charge in [0.1, 0.15) is 0 Å². The van der Waals surface area contributed by atoms with Crippen LogP contribution in [-0.2, 0) is 6.54 Å². The van der Waals surface area contributed by atoms with Crippen LogP contribution in [0.1, 0.15) is 31.0 Å². The summed E-state index contributed by atoms with van der Waals surface area (Å²) < 4.78 is 1.70. The predicted octanol–water partition coefficient (Wildman–Crippen LogP) is 3.35.